The van der Waals surface area contributed by atoms with Gasteiger partial charge in [-0.1, -0.05) is 111 Å². The maximum absolute atomic E-state index is 16.0. The smallest absolute Gasteiger partial charge is 0.350 e. The Labute approximate surface area is 650 Å². The first-order valence-corrected chi connectivity index (χ1v) is 37.7. The Morgan fingerprint density at radius 3 is 1.65 bits per heavy atom. The van der Waals surface area contributed by atoms with Crippen LogP contribution in [0.5, 0.6) is 5.75 Å². The molecule has 0 spiro atoms. The van der Waals surface area contributed by atoms with E-state index in [1.807, 2.05) is 84.9 Å². The van der Waals surface area contributed by atoms with Gasteiger partial charge in [0.1, 0.15) is 35.7 Å². The fourth-order valence-corrected chi connectivity index (χ4v) is 16.2. The molecule has 1 saturated heterocycles. The molecule has 25 nitrogen and oxygen atoms in total. The molecule has 0 unspecified atom stereocenters. The number of fused-ring (bicyclic) bond motifs is 5. The number of carbonyl (C=O) groups excluding carboxylic acids is 8. The van der Waals surface area contributed by atoms with Crippen molar-refractivity contribution in [3.8, 4) is 5.75 Å². The van der Waals surface area contributed by atoms with Gasteiger partial charge in [-0.3, -0.25) is 58.5 Å². The van der Waals surface area contributed by atoms with Crippen LogP contribution in [-0.2, 0) is 96.5 Å². The zero-order valence-corrected chi connectivity index (χ0v) is 63.6. The van der Waals surface area contributed by atoms with Crippen LogP contribution in [0.25, 0.3) is 0 Å². The summed E-state index contributed by atoms with van der Waals surface area (Å²) in [7, 11) is 0. The number of aliphatic hydroxyl groups is 2. The van der Waals surface area contributed by atoms with E-state index in [1.165, 1.54) is 26.0 Å². The van der Waals surface area contributed by atoms with Gasteiger partial charge < -0.3 is 54.0 Å². The van der Waals surface area contributed by atoms with Crippen molar-refractivity contribution in [2.75, 3.05) is 19.8 Å². The molecular weight excluding hydrogens is 1430 g/mol. The lowest BCUT2D eigenvalue weighted by molar-refractivity contribution is -0.346. The summed E-state index contributed by atoms with van der Waals surface area (Å²) in [6.07, 6.45) is -4.07. The van der Waals surface area contributed by atoms with Gasteiger partial charge in [0.05, 0.1) is 65.4 Å². The molecule has 2 bridgehead atoms. The first-order valence-electron chi connectivity index (χ1n) is 37.7. The number of esters is 5. The van der Waals surface area contributed by atoms with Crippen molar-refractivity contribution in [3.05, 3.63) is 269 Å². The van der Waals surface area contributed by atoms with E-state index in [-0.39, 0.29) is 47.4 Å². The van der Waals surface area contributed by atoms with Crippen LogP contribution < -0.4 is 15.4 Å². The van der Waals surface area contributed by atoms with Gasteiger partial charge in [-0.15, -0.1) is 0 Å². The van der Waals surface area contributed by atoms with Crippen LogP contribution in [0.3, 0.4) is 0 Å². The largest absolute Gasteiger partial charge is 0.494 e. The van der Waals surface area contributed by atoms with E-state index in [0.29, 0.717) is 64.5 Å². The average molecular weight is 1520 g/mol. The van der Waals surface area contributed by atoms with E-state index in [4.69, 9.17) is 33.2 Å². The maximum atomic E-state index is 16.0. The lowest BCUT2D eigenvalue weighted by atomic mass is 9.44. The third-order valence-electron chi connectivity index (χ3n) is 21.7. The van der Waals surface area contributed by atoms with E-state index >= 15 is 9.59 Å². The molecule has 2 amide bonds. The van der Waals surface area contributed by atoms with E-state index in [9.17, 15) is 39.0 Å². The number of nitrogens with zero attached hydrogens (tertiary/aromatic N) is 6. The number of amides is 2. The van der Waals surface area contributed by atoms with Crippen LogP contribution in [0.2, 0.25) is 0 Å². The number of carbonyl (C=O) groups is 8. The maximum Gasteiger partial charge on any atom is 0.350 e. The summed E-state index contributed by atoms with van der Waals surface area (Å²) in [5.74, 6) is -8.20. The second-order valence-corrected chi connectivity index (χ2v) is 29.8. The third kappa shape index (κ3) is 18.5. The number of hydrogen-bond donors (Lipinski definition) is 4. The molecule has 2 saturated carbocycles. The molecule has 4 aliphatic rings. The van der Waals surface area contributed by atoms with Crippen LogP contribution in [0.15, 0.2) is 218 Å². The Morgan fingerprint density at radius 1 is 0.625 bits per heavy atom. The predicted octanol–water partition coefficient (Wildman–Crippen LogP) is 10.0. The Bertz CT molecular complexity index is 4460. The normalized spacial score (nSPS) is 22.7. The third-order valence-corrected chi connectivity index (χ3v) is 21.7. The summed E-state index contributed by atoms with van der Waals surface area (Å²) in [4.78, 5) is 139. The lowest BCUT2D eigenvalue weighted by Gasteiger charge is -2.67. The van der Waals surface area contributed by atoms with Gasteiger partial charge in [0.2, 0.25) is 12.0 Å². The number of nitrogens with one attached hydrogen (secondary N) is 2. The van der Waals surface area contributed by atoms with E-state index < -0.39 is 137 Å². The molecule has 8 aromatic rings. The zero-order valence-electron chi connectivity index (χ0n) is 63.6. The zero-order chi connectivity index (χ0) is 79.2. The molecule has 1 aliphatic heterocycles. The molecule has 11 atom stereocenters. The summed E-state index contributed by atoms with van der Waals surface area (Å²) >= 11 is 0. The van der Waals surface area contributed by atoms with Crippen molar-refractivity contribution in [1.29, 1.82) is 0 Å². The van der Waals surface area contributed by atoms with Crippen LogP contribution in [0.4, 0.5) is 0 Å². The topological polar surface area (TPSA) is 324 Å². The molecule has 4 aromatic carbocycles. The molecule has 3 fully saturated rings. The molecule has 0 radical (unpaired) electrons. The fraction of sp³-hybridized carbons (Fsp3) is 0.379. The molecule has 25 heteroatoms. The molecule has 584 valence electrons. The molecular formula is C87H94N8O17. The van der Waals surface area contributed by atoms with Crippen molar-refractivity contribution >= 4 is 47.4 Å². The molecule has 12 rings (SSSR count). The number of benzene rings is 4. The van der Waals surface area contributed by atoms with Gasteiger partial charge in [-0.25, -0.2) is 9.59 Å². The highest BCUT2D eigenvalue weighted by atomic mass is 16.6. The number of aliphatic hydroxyl groups excluding tert-OH is 1. The first-order chi connectivity index (χ1) is 53.9. The second kappa shape index (κ2) is 35.9. The van der Waals surface area contributed by atoms with E-state index in [1.54, 1.807) is 117 Å². The highest BCUT2D eigenvalue weighted by molar-refractivity contribution is 5.97. The van der Waals surface area contributed by atoms with Crippen molar-refractivity contribution < 1.29 is 81.7 Å². The number of unbranched alkanes of at least 4 members (excludes halogenated alkanes) is 1. The van der Waals surface area contributed by atoms with E-state index in [2.05, 4.69) is 46.4 Å². The van der Waals surface area contributed by atoms with Gasteiger partial charge >= 0.3 is 29.8 Å². The SMILES string of the molecule is CC(=O)O[C@H]1C(=O)[C@@]2(C)[C@H]([C@H](OC(=O)c3ccccc3)[C@]3(O)C[C@H](OC(=O)[C@H](OC(=O)CCC(=O)NCCCCOc4cc(CN(Cc5ccccn5)Cc5ccccn5)cc(CN(Cc5ccccn5)Cc5ccccn5)c4)[C@@H](NC(=O)c4ccccc4)c4ccccc4)C(C)=C1C3(C)C)[C@]1(OC(C)=O)CO[C@@H]1C[C@@H]2O. The molecule has 3 aliphatic carbocycles. The van der Waals surface area contributed by atoms with Crippen molar-refractivity contribution in [1.82, 2.24) is 40.4 Å². The van der Waals surface area contributed by atoms with Crippen LogP contribution >= 0.6 is 0 Å². The summed E-state index contributed by atoms with van der Waals surface area (Å²) in [5, 5.41) is 32.4. The number of ketones is 1. The number of hydrogen-bond acceptors (Lipinski definition) is 23. The Balaban J connectivity index is 0.780. The second-order valence-electron chi connectivity index (χ2n) is 29.8. The van der Waals surface area contributed by atoms with Crippen molar-refractivity contribution in [3.63, 3.8) is 0 Å². The minimum absolute atomic E-state index is 0.0200. The molecule has 4 N–H and O–H groups in total. The minimum Gasteiger partial charge on any atom is -0.494 e. The Hall–Kier alpha value is -11.2. The quantitative estimate of drug-likeness (QED) is 0.0132. The van der Waals surface area contributed by atoms with Crippen LogP contribution in [-0.4, -0.2) is 155 Å². The molecule has 112 heavy (non-hydrogen) atoms. The number of Topliss-reactive ketones (excluding diaryl/α,β-unsaturated/α-hetero) is 1. The first kappa shape index (κ1) is 80.3. The van der Waals surface area contributed by atoms with Crippen LogP contribution in [0.1, 0.15) is 146 Å². The number of pyridine rings is 4. The summed E-state index contributed by atoms with van der Waals surface area (Å²) in [6, 6.07) is 52.3. The Kier molecular flexibility index (Phi) is 25.7. The summed E-state index contributed by atoms with van der Waals surface area (Å²) in [6.45, 7) is 11.6. The number of rotatable bonds is 32. The molecule has 4 aromatic heterocycles. The summed E-state index contributed by atoms with van der Waals surface area (Å²) in [5.41, 5.74) is -2.23. The monoisotopic (exact) mass is 1520 g/mol. The fourth-order valence-electron chi connectivity index (χ4n) is 16.2. The summed E-state index contributed by atoms with van der Waals surface area (Å²) < 4.78 is 44.0. The van der Waals surface area contributed by atoms with Crippen molar-refractivity contribution in [2.45, 2.75) is 173 Å². The lowest BCUT2D eigenvalue weighted by Crippen LogP contribution is -2.82. The Morgan fingerprint density at radius 2 is 1.15 bits per heavy atom. The minimum atomic E-state index is -2.53. The van der Waals surface area contributed by atoms with E-state index in [0.717, 1.165) is 47.8 Å². The van der Waals surface area contributed by atoms with Crippen molar-refractivity contribution in [2.24, 2.45) is 16.7 Å². The van der Waals surface area contributed by atoms with Gasteiger partial charge in [0.25, 0.3) is 5.91 Å². The van der Waals surface area contributed by atoms with Gasteiger partial charge in [-0.05, 0) is 139 Å². The standard InChI is InChI=1S/C87H94N8O17/c1-56-69(48-87(105)80(111-82(103)63-30-14-9-15-31-63)78-85(6,70(98)47-71-86(78,55-107-71)112-58(3)97)79(101)76(108-57(2)96)74(56)84(87,4)5)109-83(104)77(75(61-26-10-7-11-27-61)93-81(102)62-28-12-8-13-29-62)110-73(100)37-36-72(99)92-42-24-25-43-106-68-45-59(49-94(51-64-32-16-20-38-88-64)52-65-33-17-21-39-89-65)44-60(46-68)50-95(53-66-34-18-22-40-90-66)54-67-35-19-23-41-91-67/h7-23,26-35,38-41,44-46,69-71,75-78,80,98,105H,24-25,36-37,42-43,47-55H2,1-6H3,(H,92,99)(H,93,102)/t69-,70-,71+,75-,76+,77+,78-,80-,85+,86-,87+/m0/s1. The highest BCUT2D eigenvalue weighted by Crippen LogP contribution is 2.64. The van der Waals surface area contributed by atoms with Crippen LogP contribution in [0, 0.1) is 16.7 Å². The number of ether oxygens (including phenoxy) is 7. The van der Waals surface area contributed by atoms with Gasteiger partial charge in [0.15, 0.2) is 17.5 Å². The average Bonchev–Trinajstić information content (AvgIpc) is 0.668. The number of aromatic nitrogens is 4. The highest BCUT2D eigenvalue weighted by Gasteiger charge is 2.78. The van der Waals surface area contributed by atoms with Gasteiger partial charge in [-0.2, -0.15) is 0 Å². The molecule has 5 heterocycles. The van der Waals surface area contributed by atoms with Gasteiger partial charge in [0, 0.05) is 115 Å². The predicted molar refractivity (Wildman–Crippen MR) is 408 cm³/mol.